The van der Waals surface area contributed by atoms with Gasteiger partial charge in [-0.2, -0.15) is 5.10 Å². The fraction of sp³-hybridized carbons (Fsp3) is 0.259. The van der Waals surface area contributed by atoms with Crippen molar-refractivity contribution in [2.24, 2.45) is 5.10 Å². The first-order chi connectivity index (χ1) is 17.5. The van der Waals surface area contributed by atoms with E-state index in [9.17, 15) is 9.59 Å². The van der Waals surface area contributed by atoms with Crippen LogP contribution in [0.15, 0.2) is 69.6 Å². The molecule has 0 fully saturated rings. The van der Waals surface area contributed by atoms with Gasteiger partial charge in [0.2, 0.25) is 0 Å². The van der Waals surface area contributed by atoms with E-state index >= 15 is 0 Å². The van der Waals surface area contributed by atoms with Gasteiger partial charge in [0, 0.05) is 4.88 Å². The summed E-state index contributed by atoms with van der Waals surface area (Å²) in [5.41, 5.74) is 6.00. The lowest BCUT2D eigenvalue weighted by atomic mass is 9.97. The zero-order valence-corrected chi connectivity index (χ0v) is 21.7. The minimum Gasteiger partial charge on any atom is -0.497 e. The van der Waals surface area contributed by atoms with Crippen molar-refractivity contribution in [1.29, 1.82) is 0 Å². The second-order valence-corrected chi connectivity index (χ2v) is 10.5. The van der Waals surface area contributed by atoms with Crippen molar-refractivity contribution < 1.29 is 9.53 Å². The highest BCUT2D eigenvalue weighted by Crippen LogP contribution is 2.35. The van der Waals surface area contributed by atoms with Crippen LogP contribution in [0.2, 0.25) is 0 Å². The Balaban J connectivity index is 1.46. The Morgan fingerprint density at radius 1 is 1.14 bits per heavy atom. The lowest BCUT2D eigenvalue weighted by Crippen LogP contribution is -2.24. The van der Waals surface area contributed by atoms with E-state index in [1.807, 2.05) is 61.5 Å². The van der Waals surface area contributed by atoms with Crippen molar-refractivity contribution in [2.45, 2.75) is 37.8 Å². The average molecular weight is 519 g/mol. The number of hydrogen-bond donors (Lipinski definition) is 1. The number of nitrogens with zero attached hydrogens (tertiary/aromatic N) is 3. The summed E-state index contributed by atoms with van der Waals surface area (Å²) in [4.78, 5) is 33.3. The minimum atomic E-state index is -0.267. The third kappa shape index (κ3) is 4.94. The van der Waals surface area contributed by atoms with Crippen LogP contribution in [0, 0.1) is 0 Å². The minimum absolute atomic E-state index is 0.0742. The van der Waals surface area contributed by atoms with Crippen molar-refractivity contribution in [2.75, 3.05) is 12.9 Å². The Kier molecular flexibility index (Phi) is 7.20. The summed E-state index contributed by atoms with van der Waals surface area (Å²) in [6.07, 6.45) is 4.11. The highest BCUT2D eigenvalue weighted by Gasteiger charge is 2.23. The van der Waals surface area contributed by atoms with Crippen LogP contribution in [0.5, 0.6) is 5.75 Å². The number of thiophene rings is 1. The molecule has 1 aliphatic rings. The normalized spacial score (nSPS) is 13.4. The summed E-state index contributed by atoms with van der Waals surface area (Å²) >= 11 is 2.83. The molecule has 0 radical (unpaired) electrons. The molecule has 0 bridgehead atoms. The van der Waals surface area contributed by atoms with Crippen LogP contribution < -0.4 is 15.7 Å². The maximum atomic E-state index is 13.8. The highest BCUT2D eigenvalue weighted by atomic mass is 32.2. The van der Waals surface area contributed by atoms with E-state index in [1.165, 1.54) is 16.6 Å². The molecule has 184 valence electrons. The molecular weight excluding hydrogens is 492 g/mol. The fourth-order valence-electron chi connectivity index (χ4n) is 4.29. The van der Waals surface area contributed by atoms with Gasteiger partial charge in [0.15, 0.2) is 5.16 Å². The van der Waals surface area contributed by atoms with Gasteiger partial charge in [0.05, 0.1) is 29.6 Å². The van der Waals surface area contributed by atoms with E-state index in [0.29, 0.717) is 27.7 Å². The van der Waals surface area contributed by atoms with Gasteiger partial charge in [-0.25, -0.2) is 10.4 Å². The molecule has 2 heterocycles. The number of carbonyl (C=O) groups excluding carboxylic acids is 1. The Hall–Kier alpha value is -3.43. The van der Waals surface area contributed by atoms with Crippen LogP contribution in [0.4, 0.5) is 0 Å². The zero-order chi connectivity index (χ0) is 25.1. The van der Waals surface area contributed by atoms with Gasteiger partial charge in [-0.3, -0.25) is 14.2 Å². The molecule has 5 rings (SSSR count). The SMILES string of the molecule is COc1ccc(-n2c(SCC(=O)NN=C(C)c3ccccc3)nc3sc4c(c3c2=O)CCCC4)cc1. The van der Waals surface area contributed by atoms with Gasteiger partial charge in [-0.15, -0.1) is 11.3 Å². The van der Waals surface area contributed by atoms with Gasteiger partial charge in [-0.05, 0) is 68.0 Å². The number of hydrogen-bond acceptors (Lipinski definition) is 7. The van der Waals surface area contributed by atoms with E-state index < -0.39 is 0 Å². The van der Waals surface area contributed by atoms with E-state index in [-0.39, 0.29) is 17.2 Å². The monoisotopic (exact) mass is 518 g/mol. The number of thioether (sulfide) groups is 1. The number of nitrogens with one attached hydrogen (secondary N) is 1. The van der Waals surface area contributed by atoms with Gasteiger partial charge in [0.25, 0.3) is 11.5 Å². The van der Waals surface area contributed by atoms with Gasteiger partial charge >= 0.3 is 0 Å². The molecule has 7 nitrogen and oxygen atoms in total. The predicted molar refractivity (Wildman–Crippen MR) is 146 cm³/mol. The molecular formula is C27H26N4O3S2. The topological polar surface area (TPSA) is 85.6 Å². The molecule has 9 heteroatoms. The molecule has 0 unspecified atom stereocenters. The molecule has 0 atom stereocenters. The first kappa shape index (κ1) is 24.3. The fourth-order valence-corrected chi connectivity index (χ4v) is 6.40. The summed E-state index contributed by atoms with van der Waals surface area (Å²) in [6.45, 7) is 1.85. The number of carbonyl (C=O) groups is 1. The number of rotatable bonds is 7. The lowest BCUT2D eigenvalue weighted by molar-refractivity contribution is -0.118. The standard InChI is InChI=1S/C27H26N4O3S2/c1-17(18-8-4-3-5-9-18)29-30-23(32)16-35-27-28-25-24(21-10-6-7-11-22(21)36-25)26(33)31(27)19-12-14-20(34-2)15-13-19/h3-5,8-9,12-15H,6-7,10-11,16H2,1-2H3,(H,30,32). The Bertz CT molecular complexity index is 1490. The first-order valence-electron chi connectivity index (χ1n) is 11.8. The number of hydrazone groups is 1. The Morgan fingerprint density at radius 3 is 2.64 bits per heavy atom. The number of fused-ring (bicyclic) bond motifs is 3. The third-order valence-corrected chi connectivity index (χ3v) is 8.29. The molecule has 36 heavy (non-hydrogen) atoms. The molecule has 0 aliphatic heterocycles. The molecule has 0 spiro atoms. The molecule has 1 amide bonds. The largest absolute Gasteiger partial charge is 0.497 e. The average Bonchev–Trinajstić information content (AvgIpc) is 3.30. The summed E-state index contributed by atoms with van der Waals surface area (Å²) in [6, 6.07) is 17.0. The van der Waals surface area contributed by atoms with E-state index in [2.05, 4.69) is 10.5 Å². The second kappa shape index (κ2) is 10.7. The van der Waals surface area contributed by atoms with Crippen LogP contribution in [-0.4, -0.2) is 34.0 Å². The summed E-state index contributed by atoms with van der Waals surface area (Å²) < 4.78 is 6.89. The molecule has 0 saturated heterocycles. The quantitative estimate of drug-likeness (QED) is 0.162. The van der Waals surface area contributed by atoms with Crippen LogP contribution in [-0.2, 0) is 17.6 Å². The Labute approximate surface area is 217 Å². The Morgan fingerprint density at radius 2 is 1.89 bits per heavy atom. The summed E-state index contributed by atoms with van der Waals surface area (Å²) in [7, 11) is 1.61. The number of aryl methyl sites for hydroxylation is 2. The van der Waals surface area contributed by atoms with Gasteiger partial charge in [0.1, 0.15) is 10.6 Å². The number of methoxy groups -OCH3 is 1. The number of benzene rings is 2. The van der Waals surface area contributed by atoms with Crippen molar-refractivity contribution in [3.63, 3.8) is 0 Å². The molecule has 4 aromatic rings. The van der Waals surface area contributed by atoms with Crippen LogP contribution >= 0.6 is 23.1 Å². The number of ether oxygens (including phenoxy) is 1. The molecule has 2 aromatic heterocycles. The third-order valence-electron chi connectivity index (χ3n) is 6.16. The number of amides is 1. The molecule has 1 aliphatic carbocycles. The van der Waals surface area contributed by atoms with E-state index in [4.69, 9.17) is 9.72 Å². The predicted octanol–water partition coefficient (Wildman–Crippen LogP) is 4.97. The molecule has 0 saturated carbocycles. The molecule has 2 aromatic carbocycles. The van der Waals surface area contributed by atoms with Crippen LogP contribution in [0.25, 0.3) is 15.9 Å². The maximum Gasteiger partial charge on any atom is 0.267 e. The second-order valence-electron chi connectivity index (χ2n) is 8.51. The summed E-state index contributed by atoms with van der Waals surface area (Å²) in [5.74, 6) is 0.510. The first-order valence-corrected chi connectivity index (χ1v) is 13.6. The summed E-state index contributed by atoms with van der Waals surface area (Å²) in [5, 5.41) is 5.41. The smallest absolute Gasteiger partial charge is 0.267 e. The van der Waals surface area contributed by atoms with E-state index in [1.54, 1.807) is 23.0 Å². The lowest BCUT2D eigenvalue weighted by Gasteiger charge is -2.14. The molecule has 1 N–H and O–H groups in total. The zero-order valence-electron chi connectivity index (χ0n) is 20.1. The van der Waals surface area contributed by atoms with Gasteiger partial charge in [-0.1, -0.05) is 42.1 Å². The van der Waals surface area contributed by atoms with E-state index in [0.717, 1.165) is 41.6 Å². The maximum absolute atomic E-state index is 13.8. The van der Waals surface area contributed by atoms with Crippen molar-refractivity contribution in [1.82, 2.24) is 15.0 Å². The van der Waals surface area contributed by atoms with Crippen molar-refractivity contribution in [3.8, 4) is 11.4 Å². The van der Waals surface area contributed by atoms with Crippen molar-refractivity contribution >= 4 is 44.9 Å². The van der Waals surface area contributed by atoms with Gasteiger partial charge < -0.3 is 4.74 Å². The van der Waals surface area contributed by atoms with Crippen LogP contribution in [0.1, 0.15) is 35.8 Å². The highest BCUT2D eigenvalue weighted by molar-refractivity contribution is 7.99. The van der Waals surface area contributed by atoms with Crippen LogP contribution in [0.3, 0.4) is 0 Å². The van der Waals surface area contributed by atoms with Crippen molar-refractivity contribution in [3.05, 3.63) is 81.0 Å². The number of aromatic nitrogens is 2.